The average molecular weight is 660 g/mol. The van der Waals surface area contributed by atoms with Crippen molar-refractivity contribution < 1.29 is 28.6 Å². The molecule has 2 aliphatic heterocycles. The van der Waals surface area contributed by atoms with Crippen LogP contribution in [0, 0.1) is 0 Å². The van der Waals surface area contributed by atoms with E-state index in [0.717, 1.165) is 38.0 Å². The predicted molar refractivity (Wildman–Crippen MR) is 183 cm³/mol. The first-order valence-electron chi connectivity index (χ1n) is 16.1. The van der Waals surface area contributed by atoms with Crippen LogP contribution in [0.2, 0.25) is 0 Å². The van der Waals surface area contributed by atoms with Crippen molar-refractivity contribution in [1.29, 1.82) is 0 Å². The zero-order valence-electron chi connectivity index (χ0n) is 27.7. The number of fused-ring (bicyclic) bond motifs is 1. The van der Waals surface area contributed by atoms with Crippen molar-refractivity contribution in [3.8, 4) is 5.75 Å². The van der Waals surface area contributed by atoms with Gasteiger partial charge < -0.3 is 15.5 Å². The first-order chi connectivity index (χ1) is 23.3. The van der Waals surface area contributed by atoms with Crippen molar-refractivity contribution in [2.45, 2.75) is 71.2 Å². The van der Waals surface area contributed by atoms with E-state index in [0.29, 0.717) is 37.0 Å². The van der Waals surface area contributed by atoms with Crippen molar-refractivity contribution in [2.24, 2.45) is 0 Å². The van der Waals surface area contributed by atoms with Gasteiger partial charge in [0, 0.05) is 61.3 Å². The molecule has 0 aliphatic carbocycles. The summed E-state index contributed by atoms with van der Waals surface area (Å²) in [6, 6.07) is 25.0. The van der Waals surface area contributed by atoms with Gasteiger partial charge in [0.15, 0.2) is 5.75 Å². The van der Waals surface area contributed by atoms with Gasteiger partial charge in [0.05, 0.1) is 0 Å². The highest BCUT2D eigenvalue weighted by Gasteiger charge is 2.31. The molecule has 10 nitrogen and oxygen atoms in total. The number of nitrogens with one attached hydrogen (secondary N) is 3. The molecule has 0 radical (unpaired) electrons. The summed E-state index contributed by atoms with van der Waals surface area (Å²) in [6.07, 6.45) is 4.68. The minimum atomic E-state index is -0.380. The van der Waals surface area contributed by atoms with E-state index in [1.165, 1.54) is 23.8 Å². The topological polar surface area (TPSA) is 120 Å². The largest absolute Gasteiger partial charge is 0.335 e. The minimum absolute atomic E-state index is 0.0569. The molecule has 0 saturated carbocycles. The molecule has 2 heterocycles. The van der Waals surface area contributed by atoms with E-state index >= 15 is 0 Å². The third kappa shape index (κ3) is 12.3. The summed E-state index contributed by atoms with van der Waals surface area (Å²) >= 11 is 0. The lowest BCUT2D eigenvalue weighted by Crippen LogP contribution is -2.47. The molecule has 3 aromatic rings. The standard InChI is InChI=1S/C20H25N3O.C14H15FN2O4.C3H6/c24-20(21-15-17-7-3-1-4-8-17)22-19-11-13-23(14-12-19)16-18-9-5-2-6-10-18;1-9(2-5-13(19)16-8-18)17-7-10-6-11(21-15)3-4-12(10)14(17)20;1-3-2/h1-10,19H,11-16H2,(H2,21,22,24);3-4,6,8-9H,2,5,7H2,1H3,(H,16,18,19);3H,1H2,2H3. The Morgan fingerprint density at radius 2 is 1.65 bits per heavy atom. The zero-order valence-corrected chi connectivity index (χ0v) is 27.7. The Morgan fingerprint density at radius 3 is 2.25 bits per heavy atom. The Labute approximate surface area is 282 Å². The summed E-state index contributed by atoms with van der Waals surface area (Å²) in [5, 5.41) is 8.08. The second-order valence-corrected chi connectivity index (χ2v) is 11.7. The van der Waals surface area contributed by atoms with E-state index in [2.05, 4.69) is 56.6 Å². The lowest BCUT2D eigenvalue weighted by atomic mass is 10.0. The van der Waals surface area contributed by atoms with Crippen molar-refractivity contribution in [1.82, 2.24) is 25.8 Å². The fourth-order valence-corrected chi connectivity index (χ4v) is 5.45. The van der Waals surface area contributed by atoms with Gasteiger partial charge in [-0.15, -0.1) is 6.58 Å². The molecule has 2 aliphatic rings. The van der Waals surface area contributed by atoms with Gasteiger partial charge in [0.25, 0.3) is 5.91 Å². The summed E-state index contributed by atoms with van der Waals surface area (Å²) in [4.78, 5) is 53.4. The van der Waals surface area contributed by atoms with Crippen molar-refractivity contribution in [2.75, 3.05) is 13.1 Å². The highest BCUT2D eigenvalue weighted by Crippen LogP contribution is 2.29. The first-order valence-corrected chi connectivity index (χ1v) is 16.1. The van der Waals surface area contributed by atoms with Crippen LogP contribution in [0.25, 0.3) is 0 Å². The van der Waals surface area contributed by atoms with E-state index < -0.39 is 0 Å². The van der Waals surface area contributed by atoms with E-state index in [1.807, 2.05) is 50.2 Å². The molecule has 256 valence electrons. The summed E-state index contributed by atoms with van der Waals surface area (Å²) in [7, 11) is 0. The number of benzene rings is 3. The fourth-order valence-electron chi connectivity index (χ4n) is 5.45. The number of nitrogens with zero attached hydrogens (tertiary/aromatic N) is 2. The third-order valence-electron chi connectivity index (χ3n) is 8.01. The van der Waals surface area contributed by atoms with Crippen LogP contribution in [0.5, 0.6) is 5.75 Å². The van der Waals surface area contributed by atoms with Gasteiger partial charge in [-0.2, -0.15) is 0 Å². The number of urea groups is 1. The molecule has 3 N–H and O–H groups in total. The Balaban J connectivity index is 0.000000243. The van der Waals surface area contributed by atoms with Gasteiger partial charge in [-0.05, 0) is 68.0 Å². The molecule has 0 bridgehead atoms. The second kappa shape index (κ2) is 20.3. The molecular formula is C37H46FN5O5. The molecule has 3 aromatic carbocycles. The monoisotopic (exact) mass is 659 g/mol. The number of hydrogen-bond donors (Lipinski definition) is 3. The Hall–Kier alpha value is -5.03. The maximum absolute atomic E-state index is 12.2. The SMILES string of the molecule is C=CC.CC(CCC(=O)NC=O)N1Cc2cc(OF)ccc2C1=O.O=C(NCc1ccccc1)NC1CCN(Cc2ccccc2)CC1. The molecule has 11 heteroatoms. The highest BCUT2D eigenvalue weighted by molar-refractivity contribution is 5.98. The Bertz CT molecular complexity index is 1470. The van der Waals surface area contributed by atoms with Gasteiger partial charge in [-0.25, -0.2) is 4.79 Å². The number of piperidine rings is 1. The van der Waals surface area contributed by atoms with Crippen LogP contribution in [0.3, 0.4) is 0 Å². The molecule has 1 unspecified atom stereocenters. The summed E-state index contributed by atoms with van der Waals surface area (Å²) in [5.41, 5.74) is 3.68. The van der Waals surface area contributed by atoms with Crippen molar-refractivity contribution in [3.05, 3.63) is 114 Å². The first kappa shape index (κ1) is 37.4. The lowest BCUT2D eigenvalue weighted by Gasteiger charge is -2.32. The lowest BCUT2D eigenvalue weighted by molar-refractivity contribution is -0.125. The summed E-state index contributed by atoms with van der Waals surface area (Å²) < 4.78 is 12.2. The number of carbonyl (C=O) groups excluding carboxylic acids is 4. The predicted octanol–water partition coefficient (Wildman–Crippen LogP) is 5.69. The number of likely N-dealkylation sites (tertiary alicyclic amines) is 1. The van der Waals surface area contributed by atoms with Gasteiger partial charge >= 0.3 is 6.03 Å². The van der Waals surface area contributed by atoms with Gasteiger partial charge in [-0.1, -0.05) is 66.7 Å². The van der Waals surface area contributed by atoms with Crippen LogP contribution in [0.4, 0.5) is 9.32 Å². The van der Waals surface area contributed by atoms with Crippen LogP contribution in [-0.4, -0.2) is 59.2 Å². The van der Waals surface area contributed by atoms with E-state index in [4.69, 9.17) is 0 Å². The smallest absolute Gasteiger partial charge is 0.315 e. The highest BCUT2D eigenvalue weighted by atomic mass is 19.3. The summed E-state index contributed by atoms with van der Waals surface area (Å²) in [5.74, 6) is -0.478. The van der Waals surface area contributed by atoms with Crippen LogP contribution in [0.15, 0.2) is 91.5 Å². The van der Waals surface area contributed by atoms with Gasteiger partial charge in [-0.3, -0.25) is 29.5 Å². The normalized spacial score (nSPS) is 14.6. The number of allylic oxidation sites excluding steroid dienone is 1. The number of carbonyl (C=O) groups is 4. The van der Waals surface area contributed by atoms with E-state index in [1.54, 1.807) is 11.0 Å². The molecule has 0 spiro atoms. The average Bonchev–Trinajstić information content (AvgIpc) is 3.44. The molecule has 1 atom stereocenters. The summed E-state index contributed by atoms with van der Waals surface area (Å²) in [6.45, 7) is 11.0. The molecule has 48 heavy (non-hydrogen) atoms. The van der Waals surface area contributed by atoms with Crippen LogP contribution in [-0.2, 0) is 29.2 Å². The molecule has 1 fully saturated rings. The molecular weight excluding hydrogens is 613 g/mol. The molecule has 5 amide bonds. The van der Waals surface area contributed by atoms with E-state index in [-0.39, 0.29) is 42.1 Å². The van der Waals surface area contributed by atoms with Crippen molar-refractivity contribution in [3.63, 3.8) is 0 Å². The minimum Gasteiger partial charge on any atom is -0.335 e. The van der Waals surface area contributed by atoms with Gasteiger partial charge in [0.1, 0.15) is 0 Å². The molecule has 5 rings (SSSR count). The fraction of sp³-hybridized carbons (Fsp3) is 0.351. The quantitative estimate of drug-likeness (QED) is 0.180. The van der Waals surface area contributed by atoms with Crippen LogP contribution in [0.1, 0.15) is 66.6 Å². The zero-order chi connectivity index (χ0) is 34.7. The number of imide groups is 1. The van der Waals surface area contributed by atoms with Crippen molar-refractivity contribution >= 4 is 24.3 Å². The van der Waals surface area contributed by atoms with E-state index in [9.17, 15) is 23.7 Å². The van der Waals surface area contributed by atoms with Crippen LogP contribution >= 0.6 is 0 Å². The number of halogens is 1. The Kier molecular flexibility index (Phi) is 15.8. The van der Waals surface area contributed by atoms with Crippen LogP contribution < -0.4 is 20.9 Å². The number of hydrogen-bond acceptors (Lipinski definition) is 6. The molecule has 0 aromatic heterocycles. The second-order valence-electron chi connectivity index (χ2n) is 11.7. The number of rotatable bonds is 11. The number of amides is 5. The molecule has 1 saturated heterocycles. The maximum atomic E-state index is 12.2. The third-order valence-corrected chi connectivity index (χ3v) is 8.01. The Morgan fingerprint density at radius 1 is 1.02 bits per heavy atom. The maximum Gasteiger partial charge on any atom is 0.315 e. The van der Waals surface area contributed by atoms with Gasteiger partial charge in [0.2, 0.25) is 12.3 Å².